The molecular formula is C40H50N8O9S. The molecule has 2 aromatic carbocycles. The third kappa shape index (κ3) is 10.2. The van der Waals surface area contributed by atoms with E-state index in [9.17, 15) is 33.9 Å². The molecule has 0 aliphatic carbocycles. The summed E-state index contributed by atoms with van der Waals surface area (Å²) in [5.41, 5.74) is 10.8. The molecule has 310 valence electrons. The van der Waals surface area contributed by atoms with E-state index >= 15 is 0 Å². The van der Waals surface area contributed by atoms with Crippen LogP contribution in [-0.4, -0.2) is 90.8 Å². The zero-order chi connectivity index (χ0) is 42.3. The van der Waals surface area contributed by atoms with Crippen LogP contribution in [0.5, 0.6) is 0 Å². The van der Waals surface area contributed by atoms with Gasteiger partial charge >= 0.3 is 11.7 Å². The van der Waals surface area contributed by atoms with Crippen LogP contribution in [0.4, 0.5) is 0 Å². The number of nitrogens with zero attached hydrogens (tertiary/aromatic N) is 5. The number of ether oxygens (including phenoxy) is 2. The predicted octanol–water partition coefficient (Wildman–Crippen LogP) is 3.02. The topological polar surface area (TPSA) is 238 Å². The van der Waals surface area contributed by atoms with Gasteiger partial charge in [0, 0.05) is 40.3 Å². The number of carbonyl (C=O) groups excluding carboxylic acids is 4. The first kappa shape index (κ1) is 43.7. The van der Waals surface area contributed by atoms with Gasteiger partial charge in [0.25, 0.3) is 11.5 Å². The van der Waals surface area contributed by atoms with Gasteiger partial charge in [-0.15, -0.1) is 11.8 Å². The lowest BCUT2D eigenvalue weighted by Crippen LogP contribution is -2.59. The third-order valence-corrected chi connectivity index (χ3v) is 12.2. The molecule has 4 N–H and O–H groups in total. The zero-order valence-electron chi connectivity index (χ0n) is 33.3. The van der Waals surface area contributed by atoms with Crippen LogP contribution in [0.2, 0.25) is 0 Å². The molecule has 3 aromatic rings. The highest BCUT2D eigenvalue weighted by atomic mass is 32.2. The summed E-state index contributed by atoms with van der Waals surface area (Å²) >= 11 is 1.41. The molecule has 5 unspecified atom stereocenters. The fraction of sp³-hybridized carbons (Fsp3) is 0.500. The van der Waals surface area contributed by atoms with Crippen molar-refractivity contribution < 1.29 is 33.8 Å². The Labute approximate surface area is 339 Å². The van der Waals surface area contributed by atoms with Crippen molar-refractivity contribution in [3.63, 3.8) is 0 Å². The molecule has 2 saturated heterocycles. The van der Waals surface area contributed by atoms with Gasteiger partial charge in [0.2, 0.25) is 11.8 Å². The van der Waals surface area contributed by atoms with E-state index in [0.29, 0.717) is 0 Å². The monoisotopic (exact) mass is 818 g/mol. The SMILES string of the molecule is Cc1ccccc1CNC(=O)[C@H]1N(C(=O)[C@@H](O)[C@H](Cc2ccccc2)NC(=O)C(C)C(C)C(=O)OCC2OC(n3cc(C)c(=O)[nH]c3=O)CC2N=[N+]=[N-])CSC1(C)C. The molecule has 2 aliphatic heterocycles. The Morgan fingerprint density at radius 3 is 2.45 bits per heavy atom. The molecule has 1 aromatic heterocycles. The Morgan fingerprint density at radius 2 is 1.76 bits per heavy atom. The maximum atomic E-state index is 14.1. The summed E-state index contributed by atoms with van der Waals surface area (Å²) in [7, 11) is 0. The van der Waals surface area contributed by atoms with Gasteiger partial charge in [0.15, 0.2) is 6.10 Å². The van der Waals surface area contributed by atoms with Crippen molar-refractivity contribution in [2.75, 3.05) is 12.5 Å². The van der Waals surface area contributed by atoms with Crippen molar-refractivity contribution in [1.82, 2.24) is 25.1 Å². The van der Waals surface area contributed by atoms with E-state index in [2.05, 4.69) is 25.6 Å². The Kier molecular flexibility index (Phi) is 14.2. The Balaban J connectivity index is 1.25. The molecule has 8 atom stereocenters. The molecule has 17 nitrogen and oxygen atoms in total. The van der Waals surface area contributed by atoms with E-state index in [4.69, 9.17) is 15.0 Å². The Hall–Kier alpha value is -5.42. The van der Waals surface area contributed by atoms with Crippen molar-refractivity contribution in [2.45, 2.75) is 102 Å². The maximum Gasteiger partial charge on any atom is 0.330 e. The number of nitrogens with one attached hydrogen (secondary N) is 3. The number of amides is 3. The number of aromatic amines is 1. The van der Waals surface area contributed by atoms with Crippen molar-refractivity contribution in [2.24, 2.45) is 17.0 Å². The van der Waals surface area contributed by atoms with E-state index in [1.54, 1.807) is 24.3 Å². The Bertz CT molecular complexity index is 2150. The molecule has 58 heavy (non-hydrogen) atoms. The summed E-state index contributed by atoms with van der Waals surface area (Å²) < 4.78 is 11.9. The number of aliphatic hydroxyl groups excluding tert-OH is 1. The van der Waals surface area contributed by atoms with Crippen LogP contribution >= 0.6 is 11.8 Å². The van der Waals surface area contributed by atoms with Crippen LogP contribution in [0.1, 0.15) is 62.6 Å². The van der Waals surface area contributed by atoms with Crippen LogP contribution in [0.3, 0.4) is 0 Å². The number of benzene rings is 2. The zero-order valence-corrected chi connectivity index (χ0v) is 34.1. The largest absolute Gasteiger partial charge is 0.463 e. The number of hydrogen-bond donors (Lipinski definition) is 4. The molecule has 2 aliphatic rings. The lowest BCUT2D eigenvalue weighted by molar-refractivity contribution is -0.157. The molecule has 0 saturated carbocycles. The number of H-pyrrole nitrogens is 1. The lowest BCUT2D eigenvalue weighted by Gasteiger charge is -2.33. The number of thioether (sulfide) groups is 1. The lowest BCUT2D eigenvalue weighted by atomic mass is 9.93. The second-order valence-electron chi connectivity index (χ2n) is 15.3. The van der Waals surface area contributed by atoms with Crippen LogP contribution in [0.25, 0.3) is 10.4 Å². The summed E-state index contributed by atoms with van der Waals surface area (Å²) in [6, 6.07) is 13.8. The van der Waals surface area contributed by atoms with Gasteiger partial charge < -0.3 is 30.1 Å². The molecule has 5 rings (SSSR count). The summed E-state index contributed by atoms with van der Waals surface area (Å²) in [6.45, 7) is 10.1. The van der Waals surface area contributed by atoms with Crippen LogP contribution in [-0.2, 0) is 41.6 Å². The first-order valence-electron chi connectivity index (χ1n) is 19.0. The fourth-order valence-corrected chi connectivity index (χ4v) is 8.16. The van der Waals surface area contributed by atoms with Crippen molar-refractivity contribution in [1.29, 1.82) is 0 Å². The number of hydrogen-bond acceptors (Lipinski definition) is 11. The first-order chi connectivity index (χ1) is 27.5. The summed E-state index contributed by atoms with van der Waals surface area (Å²) in [4.78, 5) is 85.6. The summed E-state index contributed by atoms with van der Waals surface area (Å²) in [6.07, 6.45) is -2.11. The standard InChI is InChI=1S/C40H50N8O9S/c1-22-12-10-11-15-27(22)18-42-36(52)33-40(5,6)58-21-48(33)37(53)32(49)29(16-26-13-8-7-9-14-26)43-35(51)24(3)25(4)38(54)56-20-30-28(45-46-41)17-31(57-30)47-19-23(2)34(50)44-39(47)55/h7-15,19,24-25,28-33,49H,16-18,20-21H2,1-6H3,(H,42,52)(H,43,51)(H,44,50,55)/t24?,25?,28?,29-,30?,31?,32-,33+/m0/s1. The average Bonchev–Trinajstić information content (AvgIpc) is 3.75. The molecule has 3 heterocycles. The summed E-state index contributed by atoms with van der Waals surface area (Å²) in [5, 5.41) is 21.2. The number of azide groups is 1. The van der Waals surface area contributed by atoms with E-state index in [0.717, 1.165) is 16.7 Å². The molecule has 0 spiro atoms. The van der Waals surface area contributed by atoms with Gasteiger partial charge in [-0.3, -0.25) is 33.5 Å². The first-order valence-corrected chi connectivity index (χ1v) is 20.0. The average molecular weight is 819 g/mol. The van der Waals surface area contributed by atoms with Crippen molar-refractivity contribution in [3.05, 3.63) is 114 Å². The number of carbonyl (C=O) groups is 4. The van der Waals surface area contributed by atoms with Gasteiger partial charge in [0.05, 0.1) is 23.9 Å². The number of aromatic nitrogens is 2. The fourth-order valence-electron chi connectivity index (χ4n) is 7.02. The second kappa shape index (κ2) is 18.9. The highest BCUT2D eigenvalue weighted by Gasteiger charge is 2.50. The quantitative estimate of drug-likeness (QED) is 0.0757. The molecule has 0 bridgehead atoms. The number of aryl methyl sites for hydroxylation is 2. The smallest absolute Gasteiger partial charge is 0.330 e. The van der Waals surface area contributed by atoms with Gasteiger partial charge in [0.1, 0.15) is 25.0 Å². The van der Waals surface area contributed by atoms with Gasteiger partial charge in [-0.05, 0) is 56.3 Å². The number of aliphatic hydroxyl groups is 1. The van der Waals surface area contributed by atoms with Crippen LogP contribution < -0.4 is 21.9 Å². The van der Waals surface area contributed by atoms with Gasteiger partial charge in [-0.1, -0.05) is 73.6 Å². The predicted molar refractivity (Wildman–Crippen MR) is 215 cm³/mol. The van der Waals surface area contributed by atoms with E-state index in [1.807, 2.05) is 51.1 Å². The second-order valence-corrected chi connectivity index (χ2v) is 16.9. The number of rotatable bonds is 15. The molecule has 2 fully saturated rings. The third-order valence-electron chi connectivity index (χ3n) is 10.8. The number of esters is 1. The minimum Gasteiger partial charge on any atom is -0.463 e. The molecule has 0 radical (unpaired) electrons. The normalized spacial score (nSPS) is 21.9. The van der Waals surface area contributed by atoms with E-state index in [1.165, 1.54) is 48.2 Å². The Morgan fingerprint density at radius 1 is 1.07 bits per heavy atom. The van der Waals surface area contributed by atoms with Crippen molar-refractivity contribution in [3.8, 4) is 0 Å². The minimum absolute atomic E-state index is 0.0679. The van der Waals surface area contributed by atoms with Crippen LogP contribution in [0.15, 0.2) is 75.5 Å². The molecule has 18 heteroatoms. The molecular weight excluding hydrogens is 769 g/mol. The van der Waals surface area contributed by atoms with Crippen molar-refractivity contribution >= 4 is 35.5 Å². The highest BCUT2D eigenvalue weighted by molar-refractivity contribution is 8.00. The summed E-state index contributed by atoms with van der Waals surface area (Å²) in [5.74, 6) is -4.35. The molecule has 3 amide bonds. The van der Waals surface area contributed by atoms with Crippen LogP contribution in [0, 0.1) is 25.7 Å². The van der Waals surface area contributed by atoms with E-state index < -0.39 is 82.2 Å². The minimum atomic E-state index is -1.75. The van der Waals surface area contributed by atoms with Gasteiger partial charge in [-0.2, -0.15) is 0 Å². The van der Waals surface area contributed by atoms with Gasteiger partial charge in [-0.25, -0.2) is 4.79 Å². The highest BCUT2D eigenvalue weighted by Crippen LogP contribution is 2.40. The van der Waals surface area contributed by atoms with E-state index in [-0.39, 0.29) is 43.3 Å². The maximum absolute atomic E-state index is 14.1.